The minimum absolute atomic E-state index is 0.128. The van der Waals surface area contributed by atoms with Crippen LogP contribution in [0.15, 0.2) is 84.1 Å². The van der Waals surface area contributed by atoms with Crippen molar-refractivity contribution < 1.29 is 23.5 Å². The van der Waals surface area contributed by atoms with Crippen LogP contribution in [0.4, 0.5) is 4.39 Å². The Hall–Kier alpha value is -4.54. The maximum absolute atomic E-state index is 13.9. The van der Waals surface area contributed by atoms with Crippen molar-refractivity contribution in [2.45, 2.75) is 6.54 Å². The van der Waals surface area contributed by atoms with Crippen molar-refractivity contribution in [2.24, 2.45) is 5.10 Å². The van der Waals surface area contributed by atoms with E-state index in [9.17, 15) is 14.0 Å². The third-order valence-electron chi connectivity index (χ3n) is 5.65. The van der Waals surface area contributed by atoms with Gasteiger partial charge in [-0.2, -0.15) is 10.2 Å². The minimum Gasteiger partial charge on any atom is -0.493 e. The van der Waals surface area contributed by atoms with Crippen LogP contribution in [0, 0.1) is 5.82 Å². The normalized spacial score (nSPS) is 11.2. The highest BCUT2D eigenvalue weighted by Gasteiger charge is 2.20. The van der Waals surface area contributed by atoms with Gasteiger partial charge >= 0.3 is 5.97 Å². The number of rotatable bonds is 8. The number of hydrogen-bond acceptors (Lipinski definition) is 7. The lowest BCUT2D eigenvalue weighted by Gasteiger charge is -2.09. The van der Waals surface area contributed by atoms with Gasteiger partial charge < -0.3 is 9.47 Å². The average Bonchev–Trinajstić information content (AvgIpc) is 3.55. The van der Waals surface area contributed by atoms with Crippen molar-refractivity contribution >= 4 is 51.1 Å². The maximum atomic E-state index is 13.9. The van der Waals surface area contributed by atoms with Gasteiger partial charge in [0.15, 0.2) is 17.2 Å². The molecule has 196 valence electrons. The van der Waals surface area contributed by atoms with E-state index in [0.29, 0.717) is 26.8 Å². The maximum Gasteiger partial charge on any atom is 0.355 e. The van der Waals surface area contributed by atoms with E-state index in [0.717, 1.165) is 10.1 Å². The van der Waals surface area contributed by atoms with Crippen molar-refractivity contribution in [2.75, 3.05) is 7.11 Å². The Morgan fingerprint density at radius 3 is 2.69 bits per heavy atom. The third kappa shape index (κ3) is 5.82. The first kappa shape index (κ1) is 26.1. The molecular formula is C28H20ClFN4O4S. The second kappa shape index (κ2) is 11.5. The van der Waals surface area contributed by atoms with Crippen LogP contribution in [0.3, 0.4) is 0 Å². The highest BCUT2D eigenvalue weighted by Crippen LogP contribution is 2.37. The topological polar surface area (TPSA) is 94.8 Å². The van der Waals surface area contributed by atoms with E-state index in [1.54, 1.807) is 42.6 Å². The Kier molecular flexibility index (Phi) is 7.67. The van der Waals surface area contributed by atoms with Gasteiger partial charge in [0, 0.05) is 21.8 Å². The average molecular weight is 563 g/mol. The van der Waals surface area contributed by atoms with Gasteiger partial charge in [0.2, 0.25) is 0 Å². The zero-order valence-electron chi connectivity index (χ0n) is 20.4. The molecule has 5 rings (SSSR count). The van der Waals surface area contributed by atoms with Gasteiger partial charge in [0.1, 0.15) is 10.7 Å². The number of fused-ring (bicyclic) bond motifs is 1. The number of aromatic nitrogens is 2. The molecule has 3 aromatic carbocycles. The number of carbonyl (C=O) groups is 2. The molecule has 0 aliphatic heterocycles. The summed E-state index contributed by atoms with van der Waals surface area (Å²) in [5.74, 6) is -0.970. The van der Waals surface area contributed by atoms with E-state index in [-0.39, 0.29) is 23.8 Å². The van der Waals surface area contributed by atoms with Gasteiger partial charge in [0.25, 0.3) is 5.91 Å². The lowest BCUT2D eigenvalue weighted by atomic mass is 10.2. The van der Waals surface area contributed by atoms with Crippen molar-refractivity contribution in [1.82, 2.24) is 15.2 Å². The molecular weight excluding hydrogens is 543 g/mol. The smallest absolute Gasteiger partial charge is 0.355 e. The fraction of sp³-hybridized carbons (Fsp3) is 0.0714. The monoisotopic (exact) mass is 562 g/mol. The number of halogens is 2. The van der Waals surface area contributed by atoms with E-state index in [1.807, 2.05) is 24.3 Å². The predicted octanol–water partition coefficient (Wildman–Crippen LogP) is 5.93. The molecule has 0 spiro atoms. The Bertz CT molecular complexity index is 1720. The number of benzene rings is 3. The first-order valence-electron chi connectivity index (χ1n) is 11.6. The number of hydrazone groups is 1. The molecule has 0 aliphatic carbocycles. The standard InChI is InChI=1S/C28H20ClFN4O4S/c1-37-23-14-17(10-11-22(23)38-28(36)26-25(29)19-7-3-5-9-24(19)39-26)15-31-32-27(35)21-12-13-34(33-21)16-18-6-2-4-8-20(18)30/h2-15H,16H2,1H3,(H,32,35)/b31-15-. The molecule has 2 aromatic heterocycles. The van der Waals surface area contributed by atoms with Crippen LogP contribution >= 0.6 is 22.9 Å². The van der Waals surface area contributed by atoms with Crippen LogP contribution in [0.2, 0.25) is 5.02 Å². The van der Waals surface area contributed by atoms with Gasteiger partial charge in [-0.15, -0.1) is 11.3 Å². The Morgan fingerprint density at radius 1 is 1.10 bits per heavy atom. The summed E-state index contributed by atoms with van der Waals surface area (Å²) in [7, 11) is 1.44. The highest BCUT2D eigenvalue weighted by molar-refractivity contribution is 7.21. The lowest BCUT2D eigenvalue weighted by molar-refractivity contribution is 0.0734. The van der Waals surface area contributed by atoms with E-state index < -0.39 is 11.9 Å². The molecule has 8 nitrogen and oxygen atoms in total. The Morgan fingerprint density at radius 2 is 1.90 bits per heavy atom. The summed E-state index contributed by atoms with van der Waals surface area (Å²) in [6.45, 7) is 0.190. The summed E-state index contributed by atoms with van der Waals surface area (Å²) in [6.07, 6.45) is 2.99. The number of methoxy groups -OCH3 is 1. The van der Waals surface area contributed by atoms with Gasteiger partial charge in [-0.1, -0.05) is 48.0 Å². The van der Waals surface area contributed by atoms with Crippen molar-refractivity contribution in [3.05, 3.63) is 112 Å². The third-order valence-corrected chi connectivity index (χ3v) is 7.31. The first-order valence-corrected chi connectivity index (χ1v) is 12.8. The Balaban J connectivity index is 1.22. The molecule has 0 radical (unpaired) electrons. The number of nitrogens with zero attached hydrogens (tertiary/aromatic N) is 3. The summed E-state index contributed by atoms with van der Waals surface area (Å²) in [6, 6.07) is 20.1. The summed E-state index contributed by atoms with van der Waals surface area (Å²) in [5.41, 5.74) is 3.57. The van der Waals surface area contributed by atoms with E-state index in [4.69, 9.17) is 21.1 Å². The molecule has 1 N–H and O–H groups in total. The molecule has 0 saturated carbocycles. The second-order valence-electron chi connectivity index (χ2n) is 8.23. The fourth-order valence-corrected chi connectivity index (χ4v) is 5.12. The van der Waals surface area contributed by atoms with Crippen LogP contribution in [-0.2, 0) is 6.54 Å². The van der Waals surface area contributed by atoms with Gasteiger partial charge in [-0.05, 0) is 42.0 Å². The largest absolute Gasteiger partial charge is 0.493 e. The van der Waals surface area contributed by atoms with Gasteiger partial charge in [0.05, 0.1) is 24.9 Å². The van der Waals surface area contributed by atoms with Crippen molar-refractivity contribution in [3.63, 3.8) is 0 Å². The van der Waals surface area contributed by atoms with E-state index >= 15 is 0 Å². The SMILES string of the molecule is COc1cc(/C=N\NC(=O)c2ccn(Cc3ccccc3F)n2)ccc1OC(=O)c1sc2ccccc2c1Cl. The molecule has 0 unspecified atom stereocenters. The quantitative estimate of drug-likeness (QED) is 0.109. The fourth-order valence-electron chi connectivity index (χ4n) is 3.74. The highest BCUT2D eigenvalue weighted by atomic mass is 35.5. The van der Waals surface area contributed by atoms with Crippen molar-refractivity contribution in [1.29, 1.82) is 0 Å². The molecule has 1 amide bonds. The van der Waals surface area contributed by atoms with Crippen LogP contribution < -0.4 is 14.9 Å². The minimum atomic E-state index is -0.595. The summed E-state index contributed by atoms with van der Waals surface area (Å²) in [5, 5.41) is 9.26. The molecule has 0 saturated heterocycles. The van der Waals surface area contributed by atoms with Crippen LogP contribution in [0.25, 0.3) is 10.1 Å². The molecule has 39 heavy (non-hydrogen) atoms. The van der Waals surface area contributed by atoms with E-state index in [2.05, 4.69) is 15.6 Å². The number of ether oxygens (including phenoxy) is 2. The molecule has 5 aromatic rings. The predicted molar refractivity (Wildman–Crippen MR) is 148 cm³/mol. The summed E-state index contributed by atoms with van der Waals surface area (Å²) in [4.78, 5) is 25.5. The number of esters is 1. The first-order chi connectivity index (χ1) is 18.9. The Labute approximate surface area is 231 Å². The van der Waals surface area contributed by atoms with Gasteiger partial charge in [-0.3, -0.25) is 9.48 Å². The number of nitrogens with one attached hydrogen (secondary N) is 1. The molecule has 0 fully saturated rings. The number of carbonyl (C=O) groups excluding carboxylic acids is 2. The number of thiophene rings is 1. The molecule has 11 heteroatoms. The zero-order valence-corrected chi connectivity index (χ0v) is 22.0. The van der Waals surface area contributed by atoms with Crippen LogP contribution in [0.5, 0.6) is 11.5 Å². The number of hydrogen-bond donors (Lipinski definition) is 1. The van der Waals surface area contributed by atoms with Gasteiger partial charge in [-0.25, -0.2) is 14.6 Å². The molecule has 2 heterocycles. The van der Waals surface area contributed by atoms with Crippen molar-refractivity contribution in [3.8, 4) is 11.5 Å². The van der Waals surface area contributed by atoms with Crippen LogP contribution in [-0.4, -0.2) is 35.0 Å². The summed E-state index contributed by atoms with van der Waals surface area (Å²) < 4.78 is 27.1. The van der Waals surface area contributed by atoms with Crippen LogP contribution in [0.1, 0.15) is 31.3 Å². The second-order valence-corrected chi connectivity index (χ2v) is 9.66. The van der Waals surface area contributed by atoms with E-state index in [1.165, 1.54) is 41.5 Å². The zero-order chi connectivity index (χ0) is 27.4. The molecule has 0 atom stereocenters. The lowest BCUT2D eigenvalue weighted by Crippen LogP contribution is -2.18. The number of amides is 1. The molecule has 0 aliphatic rings. The summed E-state index contributed by atoms with van der Waals surface area (Å²) >= 11 is 7.64. The molecule has 0 bridgehead atoms.